The van der Waals surface area contributed by atoms with Gasteiger partial charge in [-0.05, 0) is 27.6 Å². The number of rotatable bonds is 7. The minimum absolute atomic E-state index is 0.333. The van der Waals surface area contributed by atoms with E-state index in [0.29, 0.717) is 11.0 Å². The summed E-state index contributed by atoms with van der Waals surface area (Å²) in [5, 5.41) is 2.32. The minimum Gasteiger partial charge on any atom is -0.308 e. The molecule has 0 radical (unpaired) electrons. The summed E-state index contributed by atoms with van der Waals surface area (Å²) in [5.41, 5.74) is 3.01. The molecular formula is C12H23N5OS. The second-order valence-electron chi connectivity index (χ2n) is 4.79. The molecule has 0 spiro atoms. The number of nitrogens with zero attached hydrogens (tertiary/aromatic N) is 3. The first-order chi connectivity index (χ1) is 8.97. The van der Waals surface area contributed by atoms with E-state index in [1.165, 1.54) is 11.3 Å². The summed E-state index contributed by atoms with van der Waals surface area (Å²) < 4.78 is 0. The van der Waals surface area contributed by atoms with Gasteiger partial charge in [0.05, 0.1) is 5.69 Å². The van der Waals surface area contributed by atoms with E-state index in [1.54, 1.807) is 0 Å². The number of likely N-dealkylation sites (N-methyl/N-ethyl adjacent to an activating group) is 2. The molecule has 0 bridgehead atoms. The average Bonchev–Trinajstić information content (AvgIpc) is 2.82. The highest BCUT2D eigenvalue weighted by Crippen LogP contribution is 2.13. The molecule has 3 N–H and O–H groups in total. The average molecular weight is 285 g/mol. The summed E-state index contributed by atoms with van der Waals surface area (Å²) in [4.78, 5) is 20.2. The topological polar surface area (TPSA) is 74.5 Å². The zero-order valence-electron chi connectivity index (χ0n) is 12.0. The highest BCUT2D eigenvalue weighted by Gasteiger charge is 2.16. The molecule has 1 heterocycles. The van der Waals surface area contributed by atoms with Gasteiger partial charge in [-0.3, -0.25) is 15.1 Å². The summed E-state index contributed by atoms with van der Waals surface area (Å²) in [6.45, 7) is 7.02. The van der Waals surface area contributed by atoms with Crippen LogP contribution < -0.4 is 11.3 Å². The highest BCUT2D eigenvalue weighted by molar-refractivity contribution is 7.11. The van der Waals surface area contributed by atoms with Crippen molar-refractivity contribution in [1.29, 1.82) is 0 Å². The quantitative estimate of drug-likeness (QED) is 0.434. The van der Waals surface area contributed by atoms with Crippen molar-refractivity contribution in [2.24, 2.45) is 5.84 Å². The number of hydrazine groups is 1. The molecule has 19 heavy (non-hydrogen) atoms. The molecule has 1 amide bonds. The maximum atomic E-state index is 11.4. The number of hydrogen-bond acceptors (Lipinski definition) is 6. The molecule has 0 aliphatic carbocycles. The molecule has 1 unspecified atom stereocenters. The lowest BCUT2D eigenvalue weighted by Gasteiger charge is -2.29. The number of aromatic nitrogens is 1. The Bertz CT molecular complexity index is 407. The number of amides is 1. The van der Waals surface area contributed by atoms with Gasteiger partial charge in [-0.15, -0.1) is 11.3 Å². The van der Waals surface area contributed by atoms with Gasteiger partial charge in [0.2, 0.25) is 0 Å². The van der Waals surface area contributed by atoms with Crippen molar-refractivity contribution in [3.8, 4) is 0 Å². The van der Waals surface area contributed by atoms with Crippen molar-refractivity contribution in [1.82, 2.24) is 20.2 Å². The van der Waals surface area contributed by atoms with E-state index in [9.17, 15) is 4.79 Å². The molecule has 108 valence electrons. The molecule has 6 nitrogen and oxygen atoms in total. The highest BCUT2D eigenvalue weighted by atomic mass is 32.1. The zero-order valence-corrected chi connectivity index (χ0v) is 12.8. The van der Waals surface area contributed by atoms with E-state index in [1.807, 2.05) is 5.38 Å². The lowest BCUT2D eigenvalue weighted by Crippen LogP contribution is -2.39. The summed E-state index contributed by atoms with van der Waals surface area (Å²) in [5.74, 6) is 4.76. The van der Waals surface area contributed by atoms with Crippen LogP contribution in [0, 0.1) is 0 Å². The van der Waals surface area contributed by atoms with Gasteiger partial charge >= 0.3 is 0 Å². The third-order valence-corrected chi connectivity index (χ3v) is 3.79. The lowest BCUT2D eigenvalue weighted by molar-refractivity contribution is 0.0953. The molecule has 1 rings (SSSR count). The molecule has 0 saturated carbocycles. The summed E-state index contributed by atoms with van der Waals surface area (Å²) in [6, 6.07) is 0.438. The zero-order chi connectivity index (χ0) is 14.4. The van der Waals surface area contributed by atoms with Crippen LogP contribution in [0.3, 0.4) is 0 Å². The van der Waals surface area contributed by atoms with Gasteiger partial charge < -0.3 is 4.90 Å². The van der Waals surface area contributed by atoms with Crippen molar-refractivity contribution >= 4 is 17.2 Å². The second-order valence-corrected chi connectivity index (χ2v) is 5.65. The molecule has 0 aromatic carbocycles. The molecule has 0 aliphatic heterocycles. The summed E-state index contributed by atoms with van der Waals surface area (Å²) in [7, 11) is 4.13. The predicted octanol–water partition coefficient (Wildman–Crippen LogP) is 0.519. The standard InChI is InChI=1S/C12H23N5OS/c1-5-17(9(2)6-16(3)4)7-10-8-19-12(14-10)11(18)15-13/h8-9H,5-7,13H2,1-4H3,(H,15,18). The Balaban J connectivity index is 2.65. The van der Waals surface area contributed by atoms with Crippen LogP contribution in [-0.2, 0) is 6.54 Å². The van der Waals surface area contributed by atoms with Gasteiger partial charge in [-0.25, -0.2) is 10.8 Å². The molecule has 1 aromatic rings. The summed E-state index contributed by atoms with van der Waals surface area (Å²) in [6.07, 6.45) is 0. The number of carbonyl (C=O) groups is 1. The smallest absolute Gasteiger partial charge is 0.294 e. The van der Waals surface area contributed by atoms with Crippen molar-refractivity contribution in [3.63, 3.8) is 0 Å². The number of nitrogens with two attached hydrogens (primary N) is 1. The van der Waals surface area contributed by atoms with Crippen LogP contribution in [0.2, 0.25) is 0 Å². The van der Waals surface area contributed by atoms with Gasteiger partial charge in [0.15, 0.2) is 5.01 Å². The Morgan fingerprint density at radius 1 is 1.58 bits per heavy atom. The van der Waals surface area contributed by atoms with E-state index < -0.39 is 0 Å². The van der Waals surface area contributed by atoms with Crippen molar-refractivity contribution in [2.75, 3.05) is 27.2 Å². The fourth-order valence-corrected chi connectivity index (χ4v) is 2.69. The van der Waals surface area contributed by atoms with Gasteiger partial charge in [0.1, 0.15) is 0 Å². The number of nitrogens with one attached hydrogen (secondary N) is 1. The van der Waals surface area contributed by atoms with Crippen LogP contribution in [0.1, 0.15) is 29.3 Å². The number of thiazole rings is 1. The SMILES string of the molecule is CCN(Cc1csc(C(=O)NN)n1)C(C)CN(C)C. The fourth-order valence-electron chi connectivity index (χ4n) is 1.98. The van der Waals surface area contributed by atoms with E-state index in [0.717, 1.165) is 25.3 Å². The van der Waals surface area contributed by atoms with Gasteiger partial charge in [-0.1, -0.05) is 6.92 Å². The van der Waals surface area contributed by atoms with Crippen LogP contribution in [0.25, 0.3) is 0 Å². The predicted molar refractivity (Wildman–Crippen MR) is 77.9 cm³/mol. The van der Waals surface area contributed by atoms with E-state index in [4.69, 9.17) is 5.84 Å². The number of carbonyl (C=O) groups excluding carboxylic acids is 1. The van der Waals surface area contributed by atoms with Crippen LogP contribution in [-0.4, -0.2) is 53.9 Å². The largest absolute Gasteiger partial charge is 0.308 e. The van der Waals surface area contributed by atoms with Crippen LogP contribution in [0.4, 0.5) is 0 Å². The van der Waals surface area contributed by atoms with Crippen LogP contribution in [0.5, 0.6) is 0 Å². The Kier molecular flexibility index (Phi) is 6.36. The first-order valence-corrected chi connectivity index (χ1v) is 7.20. The van der Waals surface area contributed by atoms with Gasteiger partial charge in [0.25, 0.3) is 5.91 Å². The maximum Gasteiger partial charge on any atom is 0.294 e. The molecular weight excluding hydrogens is 262 g/mol. The fraction of sp³-hybridized carbons (Fsp3) is 0.667. The number of hydrogen-bond donors (Lipinski definition) is 2. The Hall–Kier alpha value is -1.02. The molecule has 7 heteroatoms. The number of nitrogen functional groups attached to an aromatic ring is 1. The third-order valence-electron chi connectivity index (χ3n) is 2.90. The monoisotopic (exact) mass is 285 g/mol. The van der Waals surface area contributed by atoms with Crippen molar-refractivity contribution in [3.05, 3.63) is 16.1 Å². The van der Waals surface area contributed by atoms with Gasteiger partial charge in [0, 0.05) is 24.5 Å². The molecule has 0 saturated heterocycles. The van der Waals surface area contributed by atoms with Crippen LogP contribution >= 0.6 is 11.3 Å². The van der Waals surface area contributed by atoms with Crippen LogP contribution in [0.15, 0.2) is 5.38 Å². The van der Waals surface area contributed by atoms with E-state index in [-0.39, 0.29) is 5.91 Å². The molecule has 1 aromatic heterocycles. The van der Waals surface area contributed by atoms with E-state index >= 15 is 0 Å². The first kappa shape index (κ1) is 16.0. The molecule has 0 fully saturated rings. The normalized spacial score (nSPS) is 13.0. The summed E-state index contributed by atoms with van der Waals surface area (Å²) >= 11 is 1.32. The Morgan fingerprint density at radius 2 is 2.26 bits per heavy atom. The Labute approximate surface area is 118 Å². The minimum atomic E-state index is -0.333. The second kappa shape index (κ2) is 7.54. The van der Waals surface area contributed by atoms with Crippen molar-refractivity contribution < 1.29 is 4.79 Å². The third kappa shape index (κ3) is 4.87. The van der Waals surface area contributed by atoms with Crippen molar-refractivity contribution in [2.45, 2.75) is 26.4 Å². The Morgan fingerprint density at radius 3 is 2.79 bits per heavy atom. The maximum absolute atomic E-state index is 11.4. The molecule has 0 aliphatic rings. The molecule has 1 atom stereocenters. The first-order valence-electron chi connectivity index (χ1n) is 6.32. The van der Waals surface area contributed by atoms with Gasteiger partial charge in [-0.2, -0.15) is 0 Å². The van der Waals surface area contributed by atoms with E-state index in [2.05, 4.69) is 48.2 Å². The lowest BCUT2D eigenvalue weighted by atomic mass is 10.2.